The van der Waals surface area contributed by atoms with Crippen LogP contribution in [0.3, 0.4) is 0 Å². The van der Waals surface area contributed by atoms with E-state index in [2.05, 4.69) is 10.3 Å². The Labute approximate surface area is 199 Å². The van der Waals surface area contributed by atoms with Crippen LogP contribution in [0.2, 0.25) is 0 Å². The van der Waals surface area contributed by atoms with Gasteiger partial charge < -0.3 is 10.1 Å². The van der Waals surface area contributed by atoms with Gasteiger partial charge in [-0.1, -0.05) is 31.0 Å². The Morgan fingerprint density at radius 1 is 1.12 bits per heavy atom. The average molecular weight is 488 g/mol. The molecule has 0 aliphatic carbocycles. The summed E-state index contributed by atoms with van der Waals surface area (Å²) < 4.78 is 32.3. The number of benzene rings is 2. The number of hydrogen-bond donors (Lipinski definition) is 1. The molecule has 0 aliphatic heterocycles. The lowest BCUT2D eigenvalue weighted by atomic mass is 10.2. The highest BCUT2D eigenvalue weighted by atomic mass is 32.2. The molecule has 3 aromatic rings. The smallest absolute Gasteiger partial charge is 0.242 e. The number of unbranched alkanes of at least 4 members (excludes halogenated alkanes) is 1. The van der Waals surface area contributed by atoms with E-state index >= 15 is 0 Å². The van der Waals surface area contributed by atoms with Gasteiger partial charge in [0.1, 0.15) is 17.4 Å². The number of sulfonamides is 1. The Kier molecular flexibility index (Phi) is 8.60. The lowest BCUT2D eigenvalue weighted by molar-refractivity contribution is -0.115. The van der Waals surface area contributed by atoms with Crippen LogP contribution in [0, 0.1) is 6.92 Å². The van der Waals surface area contributed by atoms with Gasteiger partial charge >= 0.3 is 0 Å². The first-order valence-electron chi connectivity index (χ1n) is 10.8. The second-order valence-electron chi connectivity index (χ2n) is 7.76. The highest BCUT2D eigenvalue weighted by Gasteiger charge is 2.20. The van der Waals surface area contributed by atoms with Gasteiger partial charge in [0.2, 0.25) is 15.9 Å². The number of rotatable bonds is 11. The molecular formula is C24H29N3O4S2. The van der Waals surface area contributed by atoms with Crippen molar-refractivity contribution in [3.05, 3.63) is 70.2 Å². The molecule has 176 valence electrons. The minimum absolute atomic E-state index is 0.126. The zero-order valence-corrected chi connectivity index (χ0v) is 20.7. The summed E-state index contributed by atoms with van der Waals surface area (Å²) in [6.07, 6.45) is 1.85. The Hall–Kier alpha value is -2.75. The number of carbonyl (C=O) groups excluding carboxylic acids is 1. The van der Waals surface area contributed by atoms with Crippen molar-refractivity contribution in [2.45, 2.75) is 44.6 Å². The van der Waals surface area contributed by atoms with E-state index in [1.807, 2.05) is 43.5 Å². The normalized spacial score (nSPS) is 11.5. The van der Waals surface area contributed by atoms with Crippen LogP contribution in [0.4, 0.5) is 5.69 Å². The first kappa shape index (κ1) is 24.9. The number of hydrogen-bond acceptors (Lipinski definition) is 6. The first-order chi connectivity index (χ1) is 15.8. The molecule has 0 fully saturated rings. The number of ether oxygens (including phenoxy) is 1. The molecule has 2 aromatic carbocycles. The number of carbonyl (C=O) groups is 1. The summed E-state index contributed by atoms with van der Waals surface area (Å²) in [6.45, 7) is 4.86. The van der Waals surface area contributed by atoms with Crippen LogP contribution in [0.15, 0.2) is 58.8 Å². The molecule has 1 aromatic heterocycles. The van der Waals surface area contributed by atoms with Gasteiger partial charge in [0.05, 0.1) is 17.0 Å². The SMILES string of the molecule is CCCCN(C)S(=O)(=O)c1ccc(NC(=O)Cc2csc(COc3ccc(C)cc3)n2)cc1. The number of aryl methyl sites for hydroxylation is 1. The van der Waals surface area contributed by atoms with Crippen molar-refractivity contribution in [2.75, 3.05) is 18.9 Å². The fraction of sp³-hybridized carbons (Fsp3) is 0.333. The molecule has 7 nitrogen and oxygen atoms in total. The Morgan fingerprint density at radius 2 is 1.82 bits per heavy atom. The summed E-state index contributed by atoms with van der Waals surface area (Å²) in [5.41, 5.74) is 2.37. The van der Waals surface area contributed by atoms with Gasteiger partial charge in [-0.3, -0.25) is 4.79 Å². The molecule has 0 aliphatic rings. The minimum Gasteiger partial charge on any atom is -0.486 e. The van der Waals surface area contributed by atoms with E-state index in [1.54, 1.807) is 19.2 Å². The Morgan fingerprint density at radius 3 is 2.48 bits per heavy atom. The third kappa shape index (κ3) is 7.12. The number of amides is 1. The van der Waals surface area contributed by atoms with Crippen LogP contribution in [0.5, 0.6) is 5.75 Å². The van der Waals surface area contributed by atoms with E-state index in [1.165, 1.54) is 33.3 Å². The molecule has 0 radical (unpaired) electrons. The monoisotopic (exact) mass is 487 g/mol. The predicted molar refractivity (Wildman–Crippen MR) is 131 cm³/mol. The Bertz CT molecular complexity index is 1160. The summed E-state index contributed by atoms with van der Waals surface area (Å²) in [7, 11) is -1.95. The molecule has 1 N–H and O–H groups in total. The number of anilines is 1. The molecule has 0 bridgehead atoms. The number of thiazole rings is 1. The van der Waals surface area contributed by atoms with Crippen molar-refractivity contribution >= 4 is 33.0 Å². The molecule has 1 heterocycles. The quantitative estimate of drug-likeness (QED) is 0.426. The molecule has 33 heavy (non-hydrogen) atoms. The summed E-state index contributed by atoms with van der Waals surface area (Å²) in [5.74, 6) is 0.555. The maximum atomic E-state index is 12.6. The van der Waals surface area contributed by atoms with Crippen molar-refractivity contribution in [1.82, 2.24) is 9.29 Å². The minimum atomic E-state index is -3.53. The third-order valence-corrected chi connectivity index (χ3v) is 7.74. The zero-order valence-electron chi connectivity index (χ0n) is 19.1. The summed E-state index contributed by atoms with van der Waals surface area (Å²) in [5, 5.41) is 5.43. The summed E-state index contributed by atoms with van der Waals surface area (Å²) in [6, 6.07) is 14.0. The molecule has 1 amide bonds. The molecule has 3 rings (SSSR count). The molecular weight excluding hydrogens is 458 g/mol. The van der Waals surface area contributed by atoms with Crippen molar-refractivity contribution < 1.29 is 17.9 Å². The van der Waals surface area contributed by atoms with Crippen molar-refractivity contribution in [2.24, 2.45) is 0 Å². The van der Waals surface area contributed by atoms with E-state index in [0.29, 0.717) is 24.5 Å². The largest absolute Gasteiger partial charge is 0.486 e. The van der Waals surface area contributed by atoms with Gasteiger partial charge in [-0.15, -0.1) is 11.3 Å². The van der Waals surface area contributed by atoms with E-state index in [9.17, 15) is 13.2 Å². The van der Waals surface area contributed by atoms with E-state index in [-0.39, 0.29) is 17.2 Å². The average Bonchev–Trinajstić information content (AvgIpc) is 3.24. The topological polar surface area (TPSA) is 88.6 Å². The Balaban J connectivity index is 1.52. The van der Waals surface area contributed by atoms with Crippen molar-refractivity contribution in [3.63, 3.8) is 0 Å². The molecule has 0 spiro atoms. The number of aromatic nitrogens is 1. The van der Waals surface area contributed by atoms with E-state index in [0.717, 1.165) is 23.6 Å². The maximum absolute atomic E-state index is 12.6. The van der Waals surface area contributed by atoms with Crippen LogP contribution in [-0.4, -0.2) is 37.2 Å². The zero-order chi connectivity index (χ0) is 23.8. The highest BCUT2D eigenvalue weighted by Crippen LogP contribution is 2.19. The second-order valence-corrected chi connectivity index (χ2v) is 10.8. The van der Waals surface area contributed by atoms with E-state index in [4.69, 9.17) is 4.74 Å². The van der Waals surface area contributed by atoms with Crippen LogP contribution in [0.1, 0.15) is 36.0 Å². The fourth-order valence-corrected chi connectivity index (χ4v) is 4.95. The predicted octanol–water partition coefficient (Wildman–Crippen LogP) is 4.63. The standard InChI is InChI=1S/C24H29N3O4S2/c1-4-5-14-27(3)33(29,30)22-12-8-19(9-13-22)25-23(28)15-20-17-32-24(26-20)16-31-21-10-6-18(2)7-11-21/h6-13,17H,4-5,14-16H2,1-3H3,(H,25,28). The molecule has 0 atom stereocenters. The first-order valence-corrected chi connectivity index (χ1v) is 13.1. The molecule has 0 saturated heterocycles. The molecule has 9 heteroatoms. The third-order valence-electron chi connectivity index (χ3n) is 5.00. The van der Waals surface area contributed by atoms with Crippen molar-refractivity contribution in [1.29, 1.82) is 0 Å². The van der Waals surface area contributed by atoms with E-state index < -0.39 is 10.0 Å². The lowest BCUT2D eigenvalue weighted by Crippen LogP contribution is -2.27. The summed E-state index contributed by atoms with van der Waals surface area (Å²) >= 11 is 1.45. The molecule has 0 saturated carbocycles. The van der Waals surface area contributed by atoms with Gasteiger partial charge in [0, 0.05) is 24.7 Å². The van der Waals surface area contributed by atoms with Crippen molar-refractivity contribution in [3.8, 4) is 5.75 Å². The second kappa shape index (κ2) is 11.4. The van der Waals surface area contributed by atoms with Gasteiger partial charge in [0.25, 0.3) is 0 Å². The highest BCUT2D eigenvalue weighted by molar-refractivity contribution is 7.89. The van der Waals surface area contributed by atoms with Gasteiger partial charge in [-0.25, -0.2) is 17.7 Å². The maximum Gasteiger partial charge on any atom is 0.242 e. The number of nitrogens with zero attached hydrogens (tertiary/aromatic N) is 2. The van der Waals surface area contributed by atoms with Crippen LogP contribution < -0.4 is 10.1 Å². The lowest BCUT2D eigenvalue weighted by Gasteiger charge is -2.17. The van der Waals surface area contributed by atoms with Gasteiger partial charge in [-0.2, -0.15) is 0 Å². The summed E-state index contributed by atoms with van der Waals surface area (Å²) in [4.78, 5) is 17.1. The molecule has 0 unspecified atom stereocenters. The number of nitrogens with one attached hydrogen (secondary N) is 1. The van der Waals surface area contributed by atoms with Crippen LogP contribution in [-0.2, 0) is 27.8 Å². The fourth-order valence-electron chi connectivity index (χ4n) is 3.04. The van der Waals surface area contributed by atoms with Gasteiger partial charge in [-0.05, 0) is 49.7 Å². The van der Waals surface area contributed by atoms with Crippen LogP contribution in [0.25, 0.3) is 0 Å². The van der Waals surface area contributed by atoms with Gasteiger partial charge in [0.15, 0.2) is 0 Å². The van der Waals surface area contributed by atoms with Crippen LogP contribution >= 0.6 is 11.3 Å².